The lowest BCUT2D eigenvalue weighted by molar-refractivity contribution is 0.0995. The van der Waals surface area contributed by atoms with Crippen LogP contribution >= 0.6 is 11.3 Å². The molecule has 5 nitrogen and oxygen atoms in total. The number of ether oxygens (including phenoxy) is 1. The van der Waals surface area contributed by atoms with Gasteiger partial charge in [0.25, 0.3) is 5.91 Å². The molecule has 164 valence electrons. The Balaban J connectivity index is 1.36. The Kier molecular flexibility index (Phi) is 5.91. The number of anilines is 1. The minimum absolute atomic E-state index is 0.223. The van der Waals surface area contributed by atoms with Gasteiger partial charge in [0.05, 0.1) is 0 Å². The highest BCUT2D eigenvalue weighted by atomic mass is 32.1. The van der Waals surface area contributed by atoms with Crippen LogP contribution in [0, 0.1) is 6.92 Å². The van der Waals surface area contributed by atoms with Gasteiger partial charge in [-0.15, -0.1) is 11.3 Å². The quantitative estimate of drug-likeness (QED) is 0.300. The van der Waals surface area contributed by atoms with E-state index in [4.69, 9.17) is 9.15 Å². The Morgan fingerprint density at radius 2 is 1.85 bits per heavy atom. The topological polar surface area (TPSA) is 64.4 Å². The second-order valence-corrected chi connectivity index (χ2v) is 8.87. The third-order valence-corrected chi connectivity index (χ3v) is 6.19. The van der Waals surface area contributed by atoms with Crippen LogP contribution in [0.5, 0.6) is 5.75 Å². The second-order valence-electron chi connectivity index (χ2n) is 7.76. The van der Waals surface area contributed by atoms with E-state index in [1.54, 1.807) is 6.20 Å². The summed E-state index contributed by atoms with van der Waals surface area (Å²) in [4.78, 5) is 18.6. The van der Waals surface area contributed by atoms with Crippen molar-refractivity contribution in [1.82, 2.24) is 4.98 Å². The van der Waals surface area contributed by atoms with Gasteiger partial charge in [0.15, 0.2) is 10.9 Å². The van der Waals surface area contributed by atoms with Crippen LogP contribution in [0.1, 0.15) is 32.1 Å². The van der Waals surface area contributed by atoms with Gasteiger partial charge >= 0.3 is 0 Å². The van der Waals surface area contributed by atoms with Crippen molar-refractivity contribution in [3.05, 3.63) is 112 Å². The summed E-state index contributed by atoms with van der Waals surface area (Å²) in [5, 5.41) is 4.29. The Hall–Kier alpha value is -3.90. The van der Waals surface area contributed by atoms with Gasteiger partial charge in [-0.3, -0.25) is 10.1 Å². The van der Waals surface area contributed by atoms with Crippen molar-refractivity contribution in [2.45, 2.75) is 20.0 Å². The fraction of sp³-hybridized carbons (Fsp3) is 0.111. The van der Waals surface area contributed by atoms with Crippen molar-refractivity contribution in [3.8, 4) is 5.75 Å². The van der Waals surface area contributed by atoms with Crippen LogP contribution in [0.25, 0.3) is 11.0 Å². The number of para-hydroxylation sites is 1. The number of fused-ring (bicyclic) bond motifs is 1. The van der Waals surface area contributed by atoms with Gasteiger partial charge in [0, 0.05) is 28.4 Å². The van der Waals surface area contributed by atoms with E-state index >= 15 is 0 Å². The van der Waals surface area contributed by atoms with Gasteiger partial charge in [0.1, 0.15) is 17.9 Å². The maximum atomic E-state index is 13.1. The number of carbonyl (C=O) groups excluding carboxylic acids is 1. The molecule has 0 fully saturated rings. The first kappa shape index (κ1) is 21.0. The maximum Gasteiger partial charge on any atom is 0.293 e. The molecule has 6 heteroatoms. The summed E-state index contributed by atoms with van der Waals surface area (Å²) in [5.74, 6) is 0.649. The zero-order valence-electron chi connectivity index (χ0n) is 18.1. The van der Waals surface area contributed by atoms with Crippen molar-refractivity contribution >= 4 is 33.3 Å². The molecule has 2 heterocycles. The molecule has 0 unspecified atom stereocenters. The number of aromatic nitrogens is 1. The third-order valence-electron chi connectivity index (χ3n) is 5.27. The van der Waals surface area contributed by atoms with Crippen molar-refractivity contribution in [1.29, 1.82) is 0 Å². The molecule has 0 saturated heterocycles. The van der Waals surface area contributed by atoms with Crippen molar-refractivity contribution in [3.63, 3.8) is 0 Å². The van der Waals surface area contributed by atoms with Gasteiger partial charge in [-0.25, -0.2) is 4.98 Å². The first-order valence-electron chi connectivity index (χ1n) is 10.7. The molecule has 0 radical (unpaired) electrons. The molecule has 2 aromatic heterocycles. The number of thiazole rings is 1. The average Bonchev–Trinajstić information content (AvgIpc) is 3.42. The number of amides is 1. The summed E-state index contributed by atoms with van der Waals surface area (Å²) in [7, 11) is 0. The lowest BCUT2D eigenvalue weighted by Gasteiger charge is -2.07. The van der Waals surface area contributed by atoms with Gasteiger partial charge < -0.3 is 9.15 Å². The Bertz CT molecular complexity index is 1410. The van der Waals surface area contributed by atoms with Gasteiger partial charge in [-0.2, -0.15) is 0 Å². The molecule has 0 saturated carbocycles. The molecule has 1 N–H and O–H groups in total. The van der Waals surface area contributed by atoms with Crippen LogP contribution < -0.4 is 10.1 Å². The minimum Gasteiger partial charge on any atom is -0.489 e. The highest BCUT2D eigenvalue weighted by Crippen LogP contribution is 2.29. The van der Waals surface area contributed by atoms with E-state index in [1.165, 1.54) is 16.9 Å². The summed E-state index contributed by atoms with van der Waals surface area (Å²) in [5.41, 5.74) is 3.67. The molecule has 0 atom stereocenters. The van der Waals surface area contributed by atoms with Crippen LogP contribution in [0.15, 0.2) is 89.5 Å². The van der Waals surface area contributed by atoms with Crippen LogP contribution in [0.4, 0.5) is 5.13 Å². The molecule has 1 amide bonds. The molecule has 0 spiro atoms. The normalized spacial score (nSPS) is 10.9. The Morgan fingerprint density at radius 3 is 2.70 bits per heavy atom. The van der Waals surface area contributed by atoms with Crippen LogP contribution in [0.3, 0.4) is 0 Å². The Morgan fingerprint density at radius 1 is 1.03 bits per heavy atom. The second kappa shape index (κ2) is 9.30. The molecule has 3 aromatic carbocycles. The summed E-state index contributed by atoms with van der Waals surface area (Å²) >= 11 is 1.46. The van der Waals surface area contributed by atoms with E-state index in [2.05, 4.69) is 22.4 Å². The predicted octanol–water partition coefficient (Wildman–Crippen LogP) is 6.62. The predicted molar refractivity (Wildman–Crippen MR) is 131 cm³/mol. The van der Waals surface area contributed by atoms with Gasteiger partial charge in [-0.1, -0.05) is 60.7 Å². The van der Waals surface area contributed by atoms with Crippen molar-refractivity contribution in [2.75, 3.05) is 5.32 Å². The van der Waals surface area contributed by atoms with Gasteiger partial charge in [-0.05, 0) is 36.2 Å². The number of hydrogen-bond acceptors (Lipinski definition) is 5. The summed E-state index contributed by atoms with van der Waals surface area (Å²) < 4.78 is 11.9. The first-order valence-corrected chi connectivity index (χ1v) is 11.5. The average molecular weight is 455 g/mol. The lowest BCUT2D eigenvalue weighted by atomic mass is 10.1. The van der Waals surface area contributed by atoms with E-state index in [1.807, 2.05) is 73.7 Å². The molecule has 5 rings (SSSR count). The number of nitrogens with one attached hydrogen (secondary N) is 1. The zero-order valence-corrected chi connectivity index (χ0v) is 18.9. The van der Waals surface area contributed by atoms with Crippen molar-refractivity contribution < 1.29 is 13.9 Å². The van der Waals surface area contributed by atoms with Gasteiger partial charge in [0.2, 0.25) is 0 Å². The first-order chi connectivity index (χ1) is 16.2. The molecule has 0 aliphatic heterocycles. The lowest BCUT2D eigenvalue weighted by Crippen LogP contribution is -2.13. The number of rotatable bonds is 7. The highest BCUT2D eigenvalue weighted by Gasteiger charge is 2.22. The number of furan rings is 1. The van der Waals surface area contributed by atoms with Crippen LogP contribution in [-0.4, -0.2) is 10.9 Å². The number of nitrogens with zero attached hydrogens (tertiary/aromatic N) is 1. The molecular formula is C27H22N2O3S. The van der Waals surface area contributed by atoms with E-state index in [-0.39, 0.29) is 18.3 Å². The Labute approximate surface area is 195 Å². The number of benzene rings is 3. The number of carbonyl (C=O) groups is 1. The summed E-state index contributed by atoms with van der Waals surface area (Å²) in [6.07, 6.45) is 2.57. The van der Waals surface area contributed by atoms with E-state index < -0.39 is 0 Å². The molecular weight excluding hydrogens is 432 g/mol. The fourth-order valence-corrected chi connectivity index (χ4v) is 4.53. The fourth-order valence-electron chi connectivity index (χ4n) is 3.68. The molecule has 0 bridgehead atoms. The maximum absolute atomic E-state index is 13.1. The monoisotopic (exact) mass is 454 g/mol. The zero-order chi connectivity index (χ0) is 22.6. The summed E-state index contributed by atoms with van der Waals surface area (Å²) in [6.45, 7) is 2.24. The number of aryl methyl sites for hydroxylation is 1. The minimum atomic E-state index is -0.338. The van der Waals surface area contributed by atoms with E-state index in [0.717, 1.165) is 28.0 Å². The smallest absolute Gasteiger partial charge is 0.293 e. The SMILES string of the molecule is Cc1cccc(OCc2c(C(=O)Nc3ncc(Cc4ccccc4)s3)oc3ccccc23)c1. The van der Waals surface area contributed by atoms with E-state index in [9.17, 15) is 4.79 Å². The number of hydrogen-bond donors (Lipinski definition) is 1. The highest BCUT2D eigenvalue weighted by molar-refractivity contribution is 7.15. The molecule has 5 aromatic rings. The van der Waals surface area contributed by atoms with E-state index in [0.29, 0.717) is 16.3 Å². The van der Waals surface area contributed by atoms with Crippen LogP contribution in [0.2, 0.25) is 0 Å². The van der Waals surface area contributed by atoms with Crippen LogP contribution in [-0.2, 0) is 13.0 Å². The standard InChI is InChI=1S/C27H22N2O3S/c1-18-8-7-11-20(14-18)31-17-23-22-12-5-6-13-24(22)32-25(23)26(30)29-27-28-16-21(33-27)15-19-9-3-2-4-10-19/h2-14,16H,15,17H2,1H3,(H,28,29,30). The molecule has 0 aliphatic carbocycles. The van der Waals surface area contributed by atoms with Crippen molar-refractivity contribution in [2.24, 2.45) is 0 Å². The summed E-state index contributed by atoms with van der Waals surface area (Å²) in [6, 6.07) is 25.6. The molecule has 33 heavy (non-hydrogen) atoms. The largest absolute Gasteiger partial charge is 0.489 e. The molecule has 0 aliphatic rings. The third kappa shape index (κ3) is 4.81.